The van der Waals surface area contributed by atoms with Gasteiger partial charge < -0.3 is 10.2 Å². The maximum atomic E-state index is 13.6. The van der Waals surface area contributed by atoms with Crippen LogP contribution in [0.25, 0.3) is 0 Å². The molecule has 0 heterocycles. The highest BCUT2D eigenvalue weighted by Crippen LogP contribution is 2.27. The van der Waals surface area contributed by atoms with Crippen LogP contribution in [0.15, 0.2) is 72.8 Å². The number of aliphatic hydroxyl groups is 2. The first kappa shape index (κ1) is 28.7. The number of nitrogens with zero attached hydrogens (tertiary/aromatic N) is 4. The van der Waals surface area contributed by atoms with Crippen LogP contribution in [0, 0.1) is 0 Å². The Hall–Kier alpha value is -3.88. The molecule has 8 nitrogen and oxygen atoms in total. The molecule has 8 heteroatoms. The second-order valence-corrected chi connectivity index (χ2v) is 8.71. The van der Waals surface area contributed by atoms with Crippen LogP contribution in [0.3, 0.4) is 0 Å². The summed E-state index contributed by atoms with van der Waals surface area (Å²) >= 11 is 0. The van der Waals surface area contributed by atoms with E-state index < -0.39 is 0 Å². The van der Waals surface area contributed by atoms with Crippen LogP contribution in [0.1, 0.15) is 38.8 Å². The zero-order valence-electron chi connectivity index (χ0n) is 22.7. The van der Waals surface area contributed by atoms with E-state index in [4.69, 9.17) is 0 Å². The Kier molecular flexibility index (Phi) is 10.3. The zero-order valence-corrected chi connectivity index (χ0v) is 22.7. The minimum Gasteiger partial charge on any atom is -0.392 e. The van der Waals surface area contributed by atoms with Crippen molar-refractivity contribution in [2.75, 3.05) is 45.8 Å². The quantitative estimate of drug-likeness (QED) is 0.365. The number of anilines is 4. The fourth-order valence-electron chi connectivity index (χ4n) is 4.40. The van der Waals surface area contributed by atoms with Gasteiger partial charge in [0.2, 0.25) is 0 Å². The van der Waals surface area contributed by atoms with Gasteiger partial charge in [0.05, 0.1) is 13.2 Å². The molecule has 2 N–H and O–H groups in total. The predicted molar refractivity (Wildman–Crippen MR) is 154 cm³/mol. The van der Waals surface area contributed by atoms with E-state index >= 15 is 0 Å². The van der Waals surface area contributed by atoms with Crippen molar-refractivity contribution in [3.8, 4) is 0 Å². The lowest BCUT2D eigenvalue weighted by Gasteiger charge is -2.32. The molecule has 38 heavy (non-hydrogen) atoms. The van der Waals surface area contributed by atoms with E-state index in [9.17, 15) is 19.8 Å². The molecule has 0 atom stereocenters. The normalized spacial score (nSPS) is 10.7. The maximum Gasteiger partial charge on any atom is 0.328 e. The second-order valence-electron chi connectivity index (χ2n) is 8.71. The highest BCUT2D eigenvalue weighted by molar-refractivity contribution is 6.06. The van der Waals surface area contributed by atoms with Crippen molar-refractivity contribution in [3.63, 3.8) is 0 Å². The summed E-state index contributed by atoms with van der Waals surface area (Å²) in [7, 11) is 0. The van der Waals surface area contributed by atoms with E-state index in [0.717, 1.165) is 22.5 Å². The molecule has 0 saturated heterocycles. The van der Waals surface area contributed by atoms with Gasteiger partial charge in [0.15, 0.2) is 0 Å². The van der Waals surface area contributed by atoms with E-state index in [1.165, 1.54) is 0 Å². The van der Waals surface area contributed by atoms with Crippen molar-refractivity contribution >= 4 is 34.8 Å². The Morgan fingerprint density at radius 3 is 1.13 bits per heavy atom. The molecule has 0 bridgehead atoms. The van der Waals surface area contributed by atoms with Crippen LogP contribution in [0.4, 0.5) is 32.3 Å². The number of carbonyl (C=O) groups is 2. The SMILES string of the molecule is CCN(C(=O)N(CC)c1cccc(N(CC)C(=O)N(CC)c2ccc(CO)cc2)c1)c1ccc(CO)cc1. The van der Waals surface area contributed by atoms with Gasteiger partial charge >= 0.3 is 12.1 Å². The van der Waals surface area contributed by atoms with Crippen LogP contribution in [-0.4, -0.2) is 48.5 Å². The number of hydrogen-bond acceptors (Lipinski definition) is 4. The average molecular weight is 519 g/mol. The lowest BCUT2D eigenvalue weighted by Crippen LogP contribution is -2.44. The van der Waals surface area contributed by atoms with Crippen LogP contribution in [-0.2, 0) is 13.2 Å². The number of urea groups is 2. The average Bonchev–Trinajstić information content (AvgIpc) is 2.95. The van der Waals surface area contributed by atoms with E-state index in [2.05, 4.69) is 0 Å². The van der Waals surface area contributed by atoms with Crippen molar-refractivity contribution in [2.24, 2.45) is 0 Å². The first-order chi connectivity index (χ1) is 18.4. The molecule has 0 aromatic heterocycles. The number of amides is 4. The molecule has 0 aliphatic rings. The monoisotopic (exact) mass is 518 g/mol. The van der Waals surface area contributed by atoms with E-state index in [1.807, 2.05) is 100 Å². The highest BCUT2D eigenvalue weighted by atomic mass is 16.3. The van der Waals surface area contributed by atoms with Crippen molar-refractivity contribution < 1.29 is 19.8 Å². The van der Waals surface area contributed by atoms with Gasteiger partial charge in [0.25, 0.3) is 0 Å². The Balaban J connectivity index is 1.89. The fourth-order valence-corrected chi connectivity index (χ4v) is 4.40. The third kappa shape index (κ3) is 6.33. The minimum atomic E-state index is -0.169. The second kappa shape index (κ2) is 13.6. The van der Waals surface area contributed by atoms with E-state index in [0.29, 0.717) is 37.6 Å². The maximum absolute atomic E-state index is 13.6. The molecule has 0 radical (unpaired) electrons. The number of rotatable bonds is 10. The topological polar surface area (TPSA) is 87.6 Å². The fraction of sp³-hybridized carbons (Fsp3) is 0.333. The van der Waals surface area contributed by atoms with Gasteiger partial charge in [-0.15, -0.1) is 0 Å². The highest BCUT2D eigenvalue weighted by Gasteiger charge is 2.25. The first-order valence-electron chi connectivity index (χ1n) is 13.1. The van der Waals surface area contributed by atoms with Crippen LogP contribution in [0.5, 0.6) is 0 Å². The smallest absolute Gasteiger partial charge is 0.328 e. The van der Waals surface area contributed by atoms with Gasteiger partial charge in [-0.1, -0.05) is 30.3 Å². The largest absolute Gasteiger partial charge is 0.392 e. The van der Waals surface area contributed by atoms with Crippen LogP contribution >= 0.6 is 0 Å². The lowest BCUT2D eigenvalue weighted by molar-refractivity contribution is 0.251. The molecule has 0 aliphatic carbocycles. The molecular formula is C30H38N4O4. The van der Waals surface area contributed by atoms with Crippen LogP contribution in [0.2, 0.25) is 0 Å². The number of benzene rings is 3. The molecule has 3 aromatic rings. The first-order valence-corrected chi connectivity index (χ1v) is 13.1. The molecular weight excluding hydrogens is 480 g/mol. The minimum absolute atomic E-state index is 0.0513. The Bertz CT molecular complexity index is 1110. The Morgan fingerprint density at radius 1 is 0.526 bits per heavy atom. The number of hydrogen-bond donors (Lipinski definition) is 2. The van der Waals surface area contributed by atoms with Crippen molar-refractivity contribution in [3.05, 3.63) is 83.9 Å². The molecule has 4 amide bonds. The molecule has 0 fully saturated rings. The molecule has 0 saturated carbocycles. The summed E-state index contributed by atoms with van der Waals surface area (Å²) in [5.74, 6) is 0. The molecule has 0 spiro atoms. The molecule has 202 valence electrons. The van der Waals surface area contributed by atoms with Gasteiger partial charge in [-0.05, 0) is 81.3 Å². The van der Waals surface area contributed by atoms with Gasteiger partial charge in [0.1, 0.15) is 0 Å². The van der Waals surface area contributed by atoms with E-state index in [1.54, 1.807) is 19.6 Å². The Labute approximate surface area is 225 Å². The number of carbonyl (C=O) groups excluding carboxylic acids is 2. The summed E-state index contributed by atoms with van der Waals surface area (Å²) in [6, 6.07) is 21.7. The number of aliphatic hydroxyl groups excluding tert-OH is 2. The van der Waals surface area contributed by atoms with Gasteiger partial charge in [0, 0.05) is 48.9 Å². The van der Waals surface area contributed by atoms with Gasteiger partial charge in [-0.2, -0.15) is 0 Å². The van der Waals surface area contributed by atoms with Crippen molar-refractivity contribution in [2.45, 2.75) is 40.9 Å². The Morgan fingerprint density at radius 2 is 0.842 bits per heavy atom. The zero-order chi connectivity index (χ0) is 27.7. The summed E-state index contributed by atoms with van der Waals surface area (Å²) in [6.07, 6.45) is 0. The van der Waals surface area contributed by atoms with Crippen LogP contribution < -0.4 is 19.6 Å². The van der Waals surface area contributed by atoms with Crippen molar-refractivity contribution in [1.29, 1.82) is 0 Å². The summed E-state index contributed by atoms with van der Waals surface area (Å²) in [5, 5.41) is 18.7. The molecule has 3 rings (SSSR count). The summed E-state index contributed by atoms with van der Waals surface area (Å²) in [5.41, 5.74) is 4.46. The van der Waals surface area contributed by atoms with E-state index in [-0.39, 0.29) is 25.3 Å². The summed E-state index contributed by atoms with van der Waals surface area (Å²) < 4.78 is 0. The molecule has 0 aliphatic heterocycles. The molecule has 0 unspecified atom stereocenters. The van der Waals surface area contributed by atoms with Gasteiger partial charge in [-0.3, -0.25) is 19.6 Å². The third-order valence-electron chi connectivity index (χ3n) is 6.50. The van der Waals surface area contributed by atoms with Gasteiger partial charge in [-0.25, -0.2) is 9.59 Å². The van der Waals surface area contributed by atoms with Crippen molar-refractivity contribution in [1.82, 2.24) is 0 Å². The molecule has 3 aromatic carbocycles. The standard InChI is InChI=1S/C30H38N4O4/c1-5-31(25-16-12-23(21-35)13-17-25)29(37)33(7-3)27-10-9-11-28(20-27)34(8-4)30(38)32(6-2)26-18-14-24(22-36)15-19-26/h9-20,35-36H,5-8,21-22H2,1-4H3. The summed E-state index contributed by atoms with van der Waals surface area (Å²) in [6.45, 7) is 9.45. The third-order valence-corrected chi connectivity index (χ3v) is 6.50. The lowest BCUT2D eigenvalue weighted by atomic mass is 10.2. The predicted octanol–water partition coefficient (Wildman–Crippen LogP) is 5.62. The summed E-state index contributed by atoms with van der Waals surface area (Å²) in [4.78, 5) is 34.0.